The van der Waals surface area contributed by atoms with E-state index in [1.54, 1.807) is 6.33 Å². The molecule has 1 aliphatic rings. The van der Waals surface area contributed by atoms with E-state index in [0.29, 0.717) is 11.8 Å². The molecule has 1 atom stereocenters. The molecule has 0 bridgehead atoms. The first-order chi connectivity index (χ1) is 11.7. The lowest BCUT2D eigenvalue weighted by Gasteiger charge is -2.29. The predicted octanol–water partition coefficient (Wildman–Crippen LogP) is 2.32. The lowest BCUT2D eigenvalue weighted by molar-refractivity contribution is 0.371. The number of fused-ring (bicyclic) bond motifs is 1. The summed E-state index contributed by atoms with van der Waals surface area (Å²) in [5.41, 5.74) is 2.05. The van der Waals surface area contributed by atoms with Gasteiger partial charge in [-0.3, -0.25) is 0 Å². The molecule has 3 heterocycles. The van der Waals surface area contributed by atoms with Gasteiger partial charge in [-0.05, 0) is 26.9 Å². The third-order valence-corrected chi connectivity index (χ3v) is 4.55. The Labute approximate surface area is 141 Å². The van der Waals surface area contributed by atoms with Gasteiger partial charge in [0.2, 0.25) is 0 Å². The molecule has 3 aromatic rings. The lowest BCUT2D eigenvalue weighted by atomic mass is 10.1. The minimum Gasteiger partial charge on any atom is -0.352 e. The van der Waals surface area contributed by atoms with Gasteiger partial charge in [-0.1, -0.05) is 30.3 Å². The third kappa shape index (κ3) is 2.73. The van der Waals surface area contributed by atoms with Gasteiger partial charge in [0.15, 0.2) is 0 Å². The van der Waals surface area contributed by atoms with E-state index < -0.39 is 0 Å². The van der Waals surface area contributed by atoms with Crippen LogP contribution in [-0.2, 0) is 0 Å². The van der Waals surface area contributed by atoms with E-state index in [0.717, 1.165) is 30.2 Å². The Bertz CT molecular complexity index is 826. The molecule has 24 heavy (non-hydrogen) atoms. The Balaban J connectivity index is 1.80. The molecule has 0 saturated carbocycles. The molecular formula is C18H22N6. The number of nitrogens with zero attached hydrogens (tertiary/aromatic N) is 6. The summed E-state index contributed by atoms with van der Waals surface area (Å²) >= 11 is 0. The van der Waals surface area contributed by atoms with Crippen LogP contribution in [0.3, 0.4) is 0 Å². The molecule has 1 saturated heterocycles. The monoisotopic (exact) mass is 322 g/mol. The number of rotatable bonds is 4. The fourth-order valence-corrected chi connectivity index (χ4v) is 3.51. The van der Waals surface area contributed by atoms with Gasteiger partial charge in [0.05, 0.1) is 5.69 Å². The van der Waals surface area contributed by atoms with Crippen molar-refractivity contribution in [3.63, 3.8) is 0 Å². The van der Waals surface area contributed by atoms with Crippen LogP contribution < -0.4 is 4.90 Å². The fraction of sp³-hybridized carbons (Fsp3) is 0.389. The zero-order valence-electron chi connectivity index (χ0n) is 14.1. The highest BCUT2D eigenvalue weighted by Gasteiger charge is 2.28. The predicted molar refractivity (Wildman–Crippen MR) is 95.1 cm³/mol. The molecular weight excluding hydrogens is 300 g/mol. The van der Waals surface area contributed by atoms with Crippen LogP contribution in [0, 0.1) is 0 Å². The van der Waals surface area contributed by atoms with Crippen molar-refractivity contribution in [3.8, 4) is 11.3 Å². The summed E-state index contributed by atoms with van der Waals surface area (Å²) in [6.45, 7) is 2.09. The normalized spacial score (nSPS) is 18.0. The van der Waals surface area contributed by atoms with E-state index in [9.17, 15) is 0 Å². The van der Waals surface area contributed by atoms with Crippen LogP contribution in [0.4, 0.5) is 5.82 Å². The first kappa shape index (κ1) is 15.1. The highest BCUT2D eigenvalue weighted by molar-refractivity contribution is 5.66. The highest BCUT2D eigenvalue weighted by atomic mass is 15.4. The van der Waals surface area contributed by atoms with Gasteiger partial charge in [0.1, 0.15) is 12.1 Å². The van der Waals surface area contributed by atoms with Crippen molar-refractivity contribution in [2.24, 2.45) is 0 Å². The Morgan fingerprint density at radius 1 is 1.21 bits per heavy atom. The van der Waals surface area contributed by atoms with Crippen molar-refractivity contribution in [3.05, 3.63) is 42.7 Å². The molecule has 1 aliphatic heterocycles. The third-order valence-electron chi connectivity index (χ3n) is 4.55. The van der Waals surface area contributed by atoms with Gasteiger partial charge in [-0.15, -0.1) is 0 Å². The molecule has 0 aliphatic carbocycles. The van der Waals surface area contributed by atoms with Crippen LogP contribution >= 0.6 is 0 Å². The lowest BCUT2D eigenvalue weighted by Crippen LogP contribution is -2.38. The number of benzene rings is 1. The summed E-state index contributed by atoms with van der Waals surface area (Å²) in [5, 5.41) is 4.40. The minimum absolute atomic E-state index is 0.499. The Hall–Kier alpha value is -2.47. The molecule has 0 unspecified atom stereocenters. The summed E-state index contributed by atoms with van der Waals surface area (Å²) in [6, 6.07) is 12.9. The second-order valence-electron chi connectivity index (χ2n) is 6.59. The smallest absolute Gasteiger partial charge is 0.254 e. The van der Waals surface area contributed by atoms with Crippen molar-refractivity contribution in [2.75, 3.05) is 32.1 Å². The van der Waals surface area contributed by atoms with Crippen LogP contribution in [0.1, 0.15) is 12.8 Å². The van der Waals surface area contributed by atoms with Crippen LogP contribution in [0.2, 0.25) is 0 Å². The van der Waals surface area contributed by atoms with Crippen molar-refractivity contribution in [1.82, 2.24) is 24.5 Å². The minimum atomic E-state index is 0.499. The van der Waals surface area contributed by atoms with Crippen molar-refractivity contribution < 1.29 is 0 Å². The van der Waals surface area contributed by atoms with E-state index in [-0.39, 0.29) is 0 Å². The van der Waals surface area contributed by atoms with Crippen molar-refractivity contribution in [2.45, 2.75) is 18.9 Å². The van der Waals surface area contributed by atoms with Gasteiger partial charge in [0, 0.05) is 30.8 Å². The average Bonchev–Trinajstić information content (AvgIpc) is 3.23. The SMILES string of the molecule is CN(C)C[C@@H]1CCCN1c1cc(-c2ccccc2)nc2ncnn12. The van der Waals surface area contributed by atoms with E-state index in [2.05, 4.69) is 57.2 Å². The maximum Gasteiger partial charge on any atom is 0.254 e. The van der Waals surface area contributed by atoms with Gasteiger partial charge in [-0.25, -0.2) is 4.98 Å². The van der Waals surface area contributed by atoms with Crippen LogP contribution in [0.5, 0.6) is 0 Å². The largest absolute Gasteiger partial charge is 0.352 e. The van der Waals surface area contributed by atoms with Gasteiger partial charge in [-0.2, -0.15) is 14.6 Å². The first-order valence-corrected chi connectivity index (χ1v) is 8.40. The molecule has 6 nitrogen and oxygen atoms in total. The molecule has 0 amide bonds. The summed E-state index contributed by atoms with van der Waals surface area (Å²) in [6.07, 6.45) is 3.99. The number of anilines is 1. The molecule has 1 fully saturated rings. The van der Waals surface area contributed by atoms with Crippen molar-refractivity contribution >= 4 is 11.6 Å². The summed E-state index contributed by atoms with van der Waals surface area (Å²) in [4.78, 5) is 13.7. The van der Waals surface area contributed by atoms with Gasteiger partial charge < -0.3 is 9.80 Å². The topological polar surface area (TPSA) is 49.6 Å². The maximum atomic E-state index is 4.68. The standard InChI is InChI=1S/C18H22N6/c1-22(2)12-15-9-6-10-23(15)17-11-16(14-7-4-3-5-8-14)21-18-19-13-20-24(17)18/h3-5,7-8,11,13,15H,6,9-10,12H2,1-2H3/t15-/m0/s1. The highest BCUT2D eigenvalue weighted by Crippen LogP contribution is 2.29. The van der Waals surface area contributed by atoms with E-state index in [1.807, 2.05) is 22.7 Å². The number of likely N-dealkylation sites (N-methyl/N-ethyl adjacent to an activating group) is 1. The van der Waals surface area contributed by atoms with Gasteiger partial charge in [0.25, 0.3) is 5.78 Å². The molecule has 2 aromatic heterocycles. The molecule has 0 N–H and O–H groups in total. The quantitative estimate of drug-likeness (QED) is 0.738. The van der Waals surface area contributed by atoms with E-state index in [1.165, 1.54) is 12.8 Å². The second kappa shape index (κ2) is 6.20. The maximum absolute atomic E-state index is 4.68. The van der Waals surface area contributed by atoms with Crippen LogP contribution in [0.25, 0.3) is 17.0 Å². The average molecular weight is 322 g/mol. The second-order valence-corrected chi connectivity index (χ2v) is 6.59. The summed E-state index contributed by atoms with van der Waals surface area (Å²) < 4.78 is 1.86. The molecule has 0 spiro atoms. The van der Waals surface area contributed by atoms with E-state index in [4.69, 9.17) is 0 Å². The summed E-state index contributed by atoms with van der Waals surface area (Å²) in [7, 11) is 4.26. The molecule has 0 radical (unpaired) electrons. The first-order valence-electron chi connectivity index (χ1n) is 8.40. The Kier molecular flexibility index (Phi) is 3.90. The molecule has 4 rings (SSSR count). The fourth-order valence-electron chi connectivity index (χ4n) is 3.51. The zero-order valence-corrected chi connectivity index (χ0v) is 14.1. The van der Waals surface area contributed by atoms with Gasteiger partial charge >= 0.3 is 0 Å². The molecule has 6 heteroatoms. The molecule has 1 aromatic carbocycles. The summed E-state index contributed by atoms with van der Waals surface area (Å²) in [5.74, 6) is 1.74. The number of aromatic nitrogens is 4. The van der Waals surface area contributed by atoms with Crippen molar-refractivity contribution in [1.29, 1.82) is 0 Å². The molecule has 124 valence electrons. The van der Waals surface area contributed by atoms with E-state index >= 15 is 0 Å². The Morgan fingerprint density at radius 3 is 2.83 bits per heavy atom. The van der Waals surface area contributed by atoms with Crippen LogP contribution in [0.15, 0.2) is 42.7 Å². The number of hydrogen-bond donors (Lipinski definition) is 0. The number of hydrogen-bond acceptors (Lipinski definition) is 5. The Morgan fingerprint density at radius 2 is 2.04 bits per heavy atom. The van der Waals surface area contributed by atoms with Crippen LogP contribution in [-0.4, -0.2) is 57.7 Å². The zero-order chi connectivity index (χ0) is 16.5.